The molecule has 5 heteroatoms. The van der Waals surface area contributed by atoms with E-state index in [1.807, 2.05) is 0 Å². The van der Waals surface area contributed by atoms with Gasteiger partial charge in [-0.15, -0.1) is 18.3 Å². The number of carbonyl (C=O) groups is 1. The van der Waals surface area contributed by atoms with Gasteiger partial charge in [-0.25, -0.2) is 5.16 Å². The number of rotatable bonds is 1. The van der Waals surface area contributed by atoms with E-state index in [4.69, 9.17) is 4.52 Å². The van der Waals surface area contributed by atoms with Gasteiger partial charge in [0.1, 0.15) is 0 Å². The minimum absolute atomic E-state index is 0. The van der Waals surface area contributed by atoms with Crippen LogP contribution in [-0.2, 0) is 10.2 Å². The Hall–Kier alpha value is -0.464. The summed E-state index contributed by atoms with van der Waals surface area (Å²) >= 11 is 0. The van der Waals surface area contributed by atoms with Crippen LogP contribution in [0.1, 0.15) is 33.5 Å². The van der Waals surface area contributed by atoms with E-state index in [1.54, 1.807) is 30.3 Å². The molecular weight excluding hydrogens is 279 g/mol. The number of carbonyl (C=O) groups excluding carboxylic acids is 1. The van der Waals surface area contributed by atoms with Crippen LogP contribution in [0.4, 0.5) is 5.69 Å². The average molecular weight is 297 g/mol. The van der Waals surface area contributed by atoms with E-state index >= 15 is 0 Å². The van der Waals surface area contributed by atoms with Gasteiger partial charge >= 0.3 is 51.4 Å². The molecule has 0 fully saturated rings. The molecule has 2 aromatic rings. The normalized spacial score (nSPS) is 9.80. The van der Waals surface area contributed by atoms with E-state index in [1.165, 1.54) is 6.92 Å². The molecule has 0 spiro atoms. The van der Waals surface area contributed by atoms with E-state index in [0.717, 1.165) is 11.4 Å². The first-order valence-corrected chi connectivity index (χ1v) is 5.96. The quantitative estimate of drug-likeness (QED) is 0.605. The van der Waals surface area contributed by atoms with Crippen LogP contribution in [0.25, 0.3) is 0 Å². The molecule has 1 heterocycles. The van der Waals surface area contributed by atoms with Gasteiger partial charge < -0.3 is 9.84 Å². The molecule has 0 aliphatic rings. The van der Waals surface area contributed by atoms with Crippen molar-refractivity contribution in [3.05, 3.63) is 48.4 Å². The largest absolute Gasteiger partial charge is 1.00 e. The molecule has 0 atom stereocenters. The van der Waals surface area contributed by atoms with Crippen molar-refractivity contribution < 1.29 is 60.7 Å². The molecule has 20 heavy (non-hydrogen) atoms. The summed E-state index contributed by atoms with van der Waals surface area (Å²) in [6.07, 6.45) is 2.62. The molecule has 0 radical (unpaired) electrons. The van der Waals surface area contributed by atoms with Gasteiger partial charge in [-0.2, -0.15) is 24.3 Å². The van der Waals surface area contributed by atoms with E-state index in [9.17, 15) is 4.79 Å². The molecule has 0 aliphatic carbocycles. The summed E-state index contributed by atoms with van der Waals surface area (Å²) in [6, 6.07) is 11.7. The van der Waals surface area contributed by atoms with Crippen LogP contribution in [0, 0.1) is 12.3 Å². The monoisotopic (exact) mass is 297 g/mol. The molecule has 102 valence electrons. The molecule has 2 rings (SSSR count). The van der Waals surface area contributed by atoms with E-state index in [2.05, 4.69) is 43.5 Å². The predicted molar refractivity (Wildman–Crippen MR) is 73.6 cm³/mol. The Bertz CT molecular complexity index is 490. The summed E-state index contributed by atoms with van der Waals surface area (Å²) in [5.74, 6) is 0.828. The Morgan fingerprint density at radius 3 is 2.25 bits per heavy atom. The third-order valence-corrected chi connectivity index (χ3v) is 2.17. The number of nitrogens with zero attached hydrogens (tertiary/aromatic N) is 1. The maximum absolute atomic E-state index is 10.5. The number of hydrogen-bond donors (Lipinski definition) is 1. The topological polar surface area (TPSA) is 55.1 Å². The van der Waals surface area contributed by atoms with Crippen molar-refractivity contribution in [2.75, 3.05) is 5.32 Å². The maximum atomic E-state index is 10.5. The second-order valence-corrected chi connectivity index (χ2v) is 5.04. The van der Waals surface area contributed by atoms with Crippen LogP contribution >= 0.6 is 0 Å². The molecule has 1 amide bonds. The Balaban J connectivity index is 0.000000345. The Morgan fingerprint density at radius 1 is 1.30 bits per heavy atom. The van der Waals surface area contributed by atoms with Gasteiger partial charge in [0.2, 0.25) is 5.91 Å². The standard InChI is InChI=1S/C8H8NO.C7H10NO.K/c1-7(10)9-8-5-3-2-4-6-8;1-7(2,3)6-4-5-8-9-6;/h3-6H,1H3,(H,9,10);4H,1-3H3;/q2*-1;+1. The van der Waals surface area contributed by atoms with Gasteiger partial charge in [-0.1, -0.05) is 26.5 Å². The third kappa shape index (κ3) is 7.97. The number of nitrogens with one attached hydrogen (secondary N) is 1. The van der Waals surface area contributed by atoms with Crippen molar-refractivity contribution in [2.24, 2.45) is 0 Å². The van der Waals surface area contributed by atoms with Crippen molar-refractivity contribution in [2.45, 2.75) is 33.1 Å². The zero-order valence-electron chi connectivity index (χ0n) is 12.7. The second kappa shape index (κ2) is 9.47. The van der Waals surface area contributed by atoms with Crippen molar-refractivity contribution >= 4 is 11.6 Å². The second-order valence-electron chi connectivity index (χ2n) is 5.04. The molecule has 1 aromatic carbocycles. The van der Waals surface area contributed by atoms with Gasteiger partial charge in [0, 0.05) is 6.92 Å². The Labute approximate surface area is 162 Å². The minimum Gasteiger partial charge on any atom is -0.470 e. The molecule has 0 saturated carbocycles. The smallest absolute Gasteiger partial charge is 0.470 e. The van der Waals surface area contributed by atoms with Gasteiger partial charge in [0.05, 0.1) is 0 Å². The fraction of sp³-hybridized carbons (Fsp3) is 0.333. The SMILES string of the molecule is CC(=O)Nc1cc[c-]cc1.CC(C)(C)c1c[c-]no1.[K+]. The first-order chi connectivity index (χ1) is 8.89. The number of amides is 1. The summed E-state index contributed by atoms with van der Waals surface area (Å²) in [7, 11) is 0. The first-order valence-electron chi connectivity index (χ1n) is 5.96. The fourth-order valence-corrected chi connectivity index (χ4v) is 1.21. The molecule has 0 aliphatic heterocycles. The van der Waals surface area contributed by atoms with Crippen molar-refractivity contribution in [1.82, 2.24) is 5.16 Å². The summed E-state index contributed by atoms with van der Waals surface area (Å²) in [4.78, 5) is 10.5. The van der Waals surface area contributed by atoms with Gasteiger partial charge in [0.15, 0.2) is 0 Å². The zero-order valence-corrected chi connectivity index (χ0v) is 15.8. The van der Waals surface area contributed by atoms with Crippen LogP contribution in [0.5, 0.6) is 0 Å². The van der Waals surface area contributed by atoms with Crippen molar-refractivity contribution in [1.29, 1.82) is 0 Å². The summed E-state index contributed by atoms with van der Waals surface area (Å²) in [5.41, 5.74) is 0.874. The average Bonchev–Trinajstić information content (AvgIpc) is 2.83. The third-order valence-electron chi connectivity index (χ3n) is 2.17. The summed E-state index contributed by atoms with van der Waals surface area (Å²) < 4.78 is 4.89. The first kappa shape index (κ1) is 19.5. The molecule has 0 saturated heterocycles. The van der Waals surface area contributed by atoms with Crippen LogP contribution < -0.4 is 56.7 Å². The fourth-order valence-electron chi connectivity index (χ4n) is 1.21. The number of hydrogen-bond acceptors (Lipinski definition) is 3. The number of aromatic nitrogens is 1. The Morgan fingerprint density at radius 2 is 1.90 bits per heavy atom. The van der Waals surface area contributed by atoms with Crippen LogP contribution in [-0.4, -0.2) is 11.1 Å². The van der Waals surface area contributed by atoms with Crippen molar-refractivity contribution in [3.63, 3.8) is 0 Å². The molecule has 1 N–H and O–H groups in total. The van der Waals surface area contributed by atoms with E-state index in [-0.39, 0.29) is 62.7 Å². The van der Waals surface area contributed by atoms with Crippen LogP contribution in [0.3, 0.4) is 0 Å². The van der Waals surface area contributed by atoms with Gasteiger partial charge in [0.25, 0.3) is 0 Å². The molecule has 4 nitrogen and oxygen atoms in total. The maximum Gasteiger partial charge on any atom is 1.00 e. The van der Waals surface area contributed by atoms with Crippen molar-refractivity contribution in [3.8, 4) is 0 Å². The van der Waals surface area contributed by atoms with Crippen LogP contribution in [0.2, 0.25) is 0 Å². The summed E-state index contributed by atoms with van der Waals surface area (Å²) in [6.45, 7) is 7.70. The zero-order chi connectivity index (χ0) is 14.3. The molecule has 1 aromatic heterocycles. The Kier molecular flexibility index (Phi) is 9.25. The van der Waals surface area contributed by atoms with E-state index in [0.29, 0.717) is 0 Å². The van der Waals surface area contributed by atoms with Gasteiger partial charge in [-0.05, 0) is 11.2 Å². The summed E-state index contributed by atoms with van der Waals surface area (Å²) in [5, 5.41) is 6.13. The van der Waals surface area contributed by atoms with E-state index < -0.39 is 0 Å². The predicted octanol–water partition coefficient (Wildman–Crippen LogP) is 0.221. The molecular formula is C15H18KN2O2-. The molecule has 0 bridgehead atoms. The van der Waals surface area contributed by atoms with Crippen LogP contribution in [0.15, 0.2) is 34.9 Å². The minimum atomic E-state index is -0.0498. The molecule has 0 unspecified atom stereocenters. The number of benzene rings is 1. The van der Waals surface area contributed by atoms with Gasteiger partial charge in [-0.3, -0.25) is 4.79 Å². The number of anilines is 1.